The Morgan fingerprint density at radius 2 is 1.71 bits per heavy atom. The summed E-state index contributed by atoms with van der Waals surface area (Å²) in [5.74, 6) is 0.643. The van der Waals surface area contributed by atoms with Gasteiger partial charge in [0, 0.05) is 16.1 Å². The number of hydrogen-bond donors (Lipinski definition) is 1. The Bertz CT molecular complexity index is 1140. The predicted octanol–water partition coefficient (Wildman–Crippen LogP) is 6.15. The minimum absolute atomic E-state index is 0.0871. The molecule has 6 heteroatoms. The minimum atomic E-state index is -0.0871. The zero-order chi connectivity index (χ0) is 21.5. The lowest BCUT2D eigenvalue weighted by Crippen LogP contribution is -2.16. The highest BCUT2D eigenvalue weighted by Crippen LogP contribution is 2.21. The summed E-state index contributed by atoms with van der Waals surface area (Å²) in [5, 5.41) is 6.42. The van der Waals surface area contributed by atoms with Crippen LogP contribution in [-0.4, -0.2) is 10.9 Å². The largest absolute Gasteiger partial charge is 0.486 e. The van der Waals surface area contributed by atoms with Crippen LogP contribution < -0.4 is 10.1 Å². The summed E-state index contributed by atoms with van der Waals surface area (Å²) in [7, 11) is 0. The summed E-state index contributed by atoms with van der Waals surface area (Å²) in [6.07, 6.45) is 0.983. The van der Waals surface area contributed by atoms with Crippen LogP contribution in [0.15, 0.2) is 84.2 Å². The van der Waals surface area contributed by atoms with Gasteiger partial charge in [-0.25, -0.2) is 4.98 Å². The number of nitrogens with one attached hydrogen (secondary N) is 1. The molecule has 0 fully saturated rings. The molecule has 4 nitrogen and oxygen atoms in total. The van der Waals surface area contributed by atoms with Gasteiger partial charge in [-0.15, -0.1) is 11.3 Å². The Hall–Kier alpha value is -3.15. The van der Waals surface area contributed by atoms with Gasteiger partial charge in [-0.1, -0.05) is 60.1 Å². The molecular weight excluding hydrogens is 428 g/mol. The van der Waals surface area contributed by atoms with Crippen LogP contribution in [0, 0.1) is 0 Å². The van der Waals surface area contributed by atoms with Crippen molar-refractivity contribution >= 4 is 34.5 Å². The lowest BCUT2D eigenvalue weighted by molar-refractivity contribution is -0.115. The van der Waals surface area contributed by atoms with E-state index in [4.69, 9.17) is 16.3 Å². The Morgan fingerprint density at radius 1 is 0.968 bits per heavy atom. The lowest BCUT2D eigenvalue weighted by Gasteiger charge is -2.11. The first-order chi connectivity index (χ1) is 15.2. The normalized spacial score (nSPS) is 10.6. The number of para-hydroxylation sites is 1. The highest BCUT2D eigenvalue weighted by Gasteiger charge is 2.11. The topological polar surface area (TPSA) is 51.2 Å². The van der Waals surface area contributed by atoms with Gasteiger partial charge in [0.25, 0.3) is 0 Å². The maximum Gasteiger partial charge on any atom is 0.230 e. The van der Waals surface area contributed by atoms with Crippen LogP contribution in [0.2, 0.25) is 5.02 Å². The summed E-state index contributed by atoms with van der Waals surface area (Å²) in [4.78, 5) is 17.1. The van der Waals surface area contributed by atoms with Crippen molar-refractivity contribution in [1.82, 2.24) is 4.98 Å². The molecule has 0 aliphatic rings. The third-order valence-corrected chi connectivity index (χ3v) is 5.77. The molecule has 4 rings (SSSR count). The standard InChI is InChI=1S/C25H21ClN2O2S/c26-20-10-12-22(13-11-20)30-16-25-27-21(17-31-25)15-24(29)28-23-9-5-4-8-19(23)14-18-6-2-1-3-7-18/h1-13,17H,14-16H2,(H,28,29). The average molecular weight is 449 g/mol. The molecule has 1 aromatic heterocycles. The van der Waals surface area contributed by atoms with Gasteiger partial charge >= 0.3 is 0 Å². The Morgan fingerprint density at radius 3 is 2.52 bits per heavy atom. The number of rotatable bonds is 8. The number of ether oxygens (including phenoxy) is 1. The van der Waals surface area contributed by atoms with Crippen molar-refractivity contribution in [3.63, 3.8) is 0 Å². The van der Waals surface area contributed by atoms with Gasteiger partial charge in [0.15, 0.2) is 0 Å². The molecule has 1 amide bonds. The number of thiazole rings is 1. The molecule has 1 heterocycles. The first kappa shape index (κ1) is 21.1. The lowest BCUT2D eigenvalue weighted by atomic mass is 10.0. The quantitative estimate of drug-likeness (QED) is 0.352. The molecule has 4 aromatic rings. The molecule has 0 bridgehead atoms. The van der Waals surface area contributed by atoms with E-state index in [0.29, 0.717) is 11.6 Å². The van der Waals surface area contributed by atoms with Crippen LogP contribution >= 0.6 is 22.9 Å². The average Bonchev–Trinajstić information content (AvgIpc) is 3.22. The molecule has 0 saturated carbocycles. The number of anilines is 1. The SMILES string of the molecule is O=C(Cc1csc(COc2ccc(Cl)cc2)n1)Nc1ccccc1Cc1ccccc1. The Kier molecular flexibility index (Phi) is 6.97. The second kappa shape index (κ2) is 10.2. The number of carbonyl (C=O) groups excluding carboxylic acids is 1. The van der Waals surface area contributed by atoms with Crippen molar-refractivity contribution in [2.45, 2.75) is 19.4 Å². The molecule has 0 aliphatic heterocycles. The zero-order valence-corrected chi connectivity index (χ0v) is 18.3. The number of aromatic nitrogens is 1. The Labute approximate surface area is 190 Å². The van der Waals surface area contributed by atoms with Gasteiger partial charge in [-0.2, -0.15) is 0 Å². The van der Waals surface area contributed by atoms with E-state index in [-0.39, 0.29) is 12.3 Å². The van der Waals surface area contributed by atoms with Crippen molar-refractivity contribution in [1.29, 1.82) is 0 Å². The third-order valence-electron chi connectivity index (χ3n) is 4.65. The fourth-order valence-electron chi connectivity index (χ4n) is 3.14. The van der Waals surface area contributed by atoms with E-state index >= 15 is 0 Å². The first-order valence-electron chi connectivity index (χ1n) is 9.89. The van der Waals surface area contributed by atoms with Crippen molar-refractivity contribution < 1.29 is 9.53 Å². The van der Waals surface area contributed by atoms with Crippen molar-refractivity contribution in [2.24, 2.45) is 0 Å². The minimum Gasteiger partial charge on any atom is -0.486 e. The molecule has 0 radical (unpaired) electrons. The molecule has 0 saturated heterocycles. The van der Waals surface area contributed by atoms with E-state index in [1.807, 2.05) is 60.0 Å². The number of benzene rings is 3. The number of hydrogen-bond acceptors (Lipinski definition) is 4. The van der Waals surface area contributed by atoms with Gasteiger partial charge < -0.3 is 10.1 Å². The molecule has 0 unspecified atom stereocenters. The number of nitrogens with zero attached hydrogens (tertiary/aromatic N) is 1. The maximum absolute atomic E-state index is 12.6. The van der Waals surface area contributed by atoms with Crippen LogP contribution in [-0.2, 0) is 24.2 Å². The number of carbonyl (C=O) groups is 1. The molecule has 1 N–H and O–H groups in total. The monoisotopic (exact) mass is 448 g/mol. The van der Waals surface area contributed by atoms with Crippen molar-refractivity contribution in [3.05, 3.63) is 111 Å². The molecular formula is C25H21ClN2O2S. The fourth-order valence-corrected chi connectivity index (χ4v) is 3.97. The summed E-state index contributed by atoms with van der Waals surface area (Å²) in [6.45, 7) is 0.355. The van der Waals surface area contributed by atoms with Gasteiger partial charge in [-0.05, 0) is 47.9 Å². The van der Waals surface area contributed by atoms with Crippen molar-refractivity contribution in [2.75, 3.05) is 5.32 Å². The van der Waals surface area contributed by atoms with Gasteiger partial charge in [0.1, 0.15) is 17.4 Å². The van der Waals surface area contributed by atoms with E-state index in [1.54, 1.807) is 12.1 Å². The highest BCUT2D eigenvalue weighted by molar-refractivity contribution is 7.09. The van der Waals surface area contributed by atoms with Gasteiger partial charge in [0.2, 0.25) is 5.91 Å². The van der Waals surface area contributed by atoms with E-state index < -0.39 is 0 Å². The fraction of sp³-hybridized carbons (Fsp3) is 0.120. The van der Waals surface area contributed by atoms with Crippen LogP contribution in [0.4, 0.5) is 5.69 Å². The third kappa shape index (κ3) is 6.17. The molecule has 156 valence electrons. The van der Waals surface area contributed by atoms with E-state index in [9.17, 15) is 4.79 Å². The summed E-state index contributed by atoms with van der Waals surface area (Å²) in [6, 6.07) is 25.3. The molecule has 0 aliphatic carbocycles. The van der Waals surface area contributed by atoms with Crippen molar-refractivity contribution in [3.8, 4) is 5.75 Å². The summed E-state index contributed by atoms with van der Waals surface area (Å²) >= 11 is 7.37. The molecule has 0 atom stereocenters. The first-order valence-corrected chi connectivity index (χ1v) is 11.1. The molecule has 0 spiro atoms. The predicted molar refractivity (Wildman–Crippen MR) is 126 cm³/mol. The van der Waals surface area contributed by atoms with Crippen LogP contribution in [0.25, 0.3) is 0 Å². The maximum atomic E-state index is 12.6. The second-order valence-corrected chi connectivity index (χ2v) is 8.40. The zero-order valence-electron chi connectivity index (χ0n) is 16.8. The Balaban J connectivity index is 1.34. The van der Waals surface area contributed by atoms with Gasteiger partial charge in [-0.3, -0.25) is 4.79 Å². The molecule has 31 heavy (non-hydrogen) atoms. The summed E-state index contributed by atoms with van der Waals surface area (Å²) in [5.41, 5.74) is 3.85. The van der Waals surface area contributed by atoms with Crippen LogP contribution in [0.1, 0.15) is 21.8 Å². The number of amides is 1. The highest BCUT2D eigenvalue weighted by atomic mass is 35.5. The second-order valence-electron chi connectivity index (χ2n) is 7.02. The van der Waals surface area contributed by atoms with Gasteiger partial charge in [0.05, 0.1) is 12.1 Å². The van der Waals surface area contributed by atoms with Crippen LogP contribution in [0.5, 0.6) is 5.75 Å². The van der Waals surface area contributed by atoms with Crippen LogP contribution in [0.3, 0.4) is 0 Å². The number of halogens is 1. The van der Waals surface area contributed by atoms with E-state index in [0.717, 1.165) is 34.1 Å². The van der Waals surface area contributed by atoms with E-state index in [1.165, 1.54) is 16.9 Å². The smallest absolute Gasteiger partial charge is 0.230 e. The summed E-state index contributed by atoms with van der Waals surface area (Å²) < 4.78 is 5.72. The molecule has 3 aromatic carbocycles. The van der Waals surface area contributed by atoms with E-state index in [2.05, 4.69) is 22.4 Å².